The lowest BCUT2D eigenvalue weighted by Crippen LogP contribution is -2.22. The molecule has 0 radical (unpaired) electrons. The number of rotatable bonds is 9. The summed E-state index contributed by atoms with van der Waals surface area (Å²) in [5.41, 5.74) is 4.57. The quantitative estimate of drug-likeness (QED) is 0.224. The van der Waals surface area contributed by atoms with E-state index in [0.717, 1.165) is 27.6 Å². The topological polar surface area (TPSA) is 85.2 Å². The number of aromatic nitrogens is 2. The number of carbonyl (C=O) groups is 1. The van der Waals surface area contributed by atoms with Gasteiger partial charge in [0.15, 0.2) is 16.8 Å². The van der Waals surface area contributed by atoms with Gasteiger partial charge in [-0.2, -0.15) is 5.10 Å². The Bertz CT molecular complexity index is 1630. The van der Waals surface area contributed by atoms with Crippen molar-refractivity contribution in [2.24, 2.45) is 0 Å². The molecule has 10 heteroatoms. The molecule has 0 aliphatic rings. The minimum absolute atomic E-state index is 0.115. The Morgan fingerprint density at radius 2 is 1.82 bits per heavy atom. The molecule has 0 aliphatic heterocycles. The van der Waals surface area contributed by atoms with Gasteiger partial charge in [0.05, 0.1) is 28.9 Å². The molecule has 2 N–H and O–H groups in total. The Hall–Kier alpha value is -3.66. The summed E-state index contributed by atoms with van der Waals surface area (Å²) in [6.07, 6.45) is 0. The highest BCUT2D eigenvalue weighted by Gasteiger charge is 2.18. The number of fused-ring (bicyclic) bond motifs is 1. The van der Waals surface area contributed by atoms with E-state index >= 15 is 0 Å². The van der Waals surface area contributed by atoms with Crippen LogP contribution in [0.2, 0.25) is 4.34 Å². The zero-order valence-corrected chi connectivity index (χ0v) is 23.1. The van der Waals surface area contributed by atoms with Gasteiger partial charge in [0.25, 0.3) is 5.91 Å². The Kier molecular flexibility index (Phi) is 7.78. The van der Waals surface area contributed by atoms with Crippen molar-refractivity contribution in [3.8, 4) is 5.75 Å². The number of nitrogens with zero attached hydrogens (tertiary/aromatic N) is 2. The van der Waals surface area contributed by atoms with Crippen molar-refractivity contribution in [1.82, 2.24) is 15.1 Å². The number of thiophene rings is 1. The minimum Gasteiger partial charge on any atom is -0.496 e. The fraction of sp³-hybridized carbons (Fsp3) is 0.143. The van der Waals surface area contributed by atoms with E-state index in [2.05, 4.69) is 10.0 Å². The molecule has 3 aromatic carbocycles. The van der Waals surface area contributed by atoms with Crippen molar-refractivity contribution in [2.45, 2.75) is 24.2 Å². The van der Waals surface area contributed by atoms with Crippen LogP contribution in [0.3, 0.4) is 0 Å². The Morgan fingerprint density at radius 1 is 1.05 bits per heavy atom. The molecule has 5 aromatic rings. The predicted octanol–water partition coefficient (Wildman–Crippen LogP) is 6.18. The number of nitrogens with one attached hydrogen (secondary N) is 2. The van der Waals surface area contributed by atoms with Gasteiger partial charge in [-0.1, -0.05) is 59.6 Å². The van der Waals surface area contributed by atoms with Crippen molar-refractivity contribution in [1.29, 1.82) is 0 Å². The maximum Gasteiger partial charge on any atom is 0.251 e. The fourth-order valence-corrected chi connectivity index (χ4v) is 6.32. The van der Waals surface area contributed by atoms with Crippen LogP contribution in [0.1, 0.15) is 27.0 Å². The Balaban J connectivity index is 1.37. The van der Waals surface area contributed by atoms with Gasteiger partial charge >= 0.3 is 0 Å². The lowest BCUT2D eigenvalue weighted by atomic mass is 10.1. The lowest BCUT2D eigenvalue weighted by molar-refractivity contribution is 0.0951. The molecular weight excluding hydrogens is 540 g/mol. The summed E-state index contributed by atoms with van der Waals surface area (Å²) in [5, 5.41) is 8.48. The first-order chi connectivity index (χ1) is 18.4. The number of amides is 1. The summed E-state index contributed by atoms with van der Waals surface area (Å²) in [4.78, 5) is 12.5. The van der Waals surface area contributed by atoms with E-state index in [1.54, 1.807) is 19.2 Å². The Morgan fingerprint density at radius 3 is 2.55 bits per heavy atom. The third-order valence-electron chi connectivity index (χ3n) is 5.97. The first-order valence-corrected chi connectivity index (χ1v) is 14.2. The zero-order chi connectivity index (χ0) is 26.6. The van der Waals surface area contributed by atoms with E-state index in [1.807, 2.05) is 78.3 Å². The fourth-order valence-electron chi connectivity index (χ4n) is 4.09. The summed E-state index contributed by atoms with van der Waals surface area (Å²) in [6.45, 7) is 2.87. The van der Waals surface area contributed by atoms with Gasteiger partial charge in [-0.3, -0.25) is 14.2 Å². The van der Waals surface area contributed by atoms with Gasteiger partial charge in [-0.25, -0.2) is 4.21 Å². The van der Waals surface area contributed by atoms with Crippen LogP contribution in [0.15, 0.2) is 83.1 Å². The summed E-state index contributed by atoms with van der Waals surface area (Å²) in [6, 6.07) is 24.6. The molecule has 5 rings (SSSR count). The van der Waals surface area contributed by atoms with Crippen LogP contribution in [-0.4, -0.2) is 27.0 Å². The van der Waals surface area contributed by atoms with Crippen LogP contribution < -0.4 is 14.8 Å². The van der Waals surface area contributed by atoms with E-state index in [9.17, 15) is 9.00 Å². The molecule has 1 atom stereocenters. The maximum absolute atomic E-state index is 13.0. The summed E-state index contributed by atoms with van der Waals surface area (Å²) >= 11 is 7.28. The number of hydrogen-bond acceptors (Lipinski definition) is 5. The molecule has 7 nitrogen and oxygen atoms in total. The second-order valence-electron chi connectivity index (χ2n) is 8.66. The van der Waals surface area contributed by atoms with Gasteiger partial charge < -0.3 is 10.1 Å². The molecule has 1 unspecified atom stereocenters. The van der Waals surface area contributed by atoms with Crippen LogP contribution in [0.5, 0.6) is 5.75 Å². The van der Waals surface area contributed by atoms with Crippen molar-refractivity contribution >= 4 is 56.6 Å². The molecule has 1 amide bonds. The van der Waals surface area contributed by atoms with Gasteiger partial charge in [-0.15, -0.1) is 11.3 Å². The predicted molar refractivity (Wildman–Crippen MR) is 154 cm³/mol. The van der Waals surface area contributed by atoms with Crippen LogP contribution in [0.25, 0.3) is 10.9 Å². The molecular formula is C28H25ClN4O3S2. The highest BCUT2D eigenvalue weighted by molar-refractivity contribution is 7.88. The number of halogens is 1. The van der Waals surface area contributed by atoms with Crippen LogP contribution in [-0.2, 0) is 24.1 Å². The average molecular weight is 565 g/mol. The van der Waals surface area contributed by atoms with Gasteiger partial charge in [0, 0.05) is 12.1 Å². The third kappa shape index (κ3) is 5.75. The van der Waals surface area contributed by atoms with Crippen molar-refractivity contribution in [2.75, 3.05) is 11.8 Å². The molecule has 38 heavy (non-hydrogen) atoms. The first-order valence-electron chi connectivity index (χ1n) is 11.8. The molecule has 2 heterocycles. The molecule has 0 bridgehead atoms. The molecule has 0 saturated heterocycles. The SMILES string of the molecule is COc1cccc2c1c(NS(=O)c1ccc(Cl)s1)nn2Cc1cccc(CNC(=O)c2ccc(C)cc2)c1. The van der Waals surface area contributed by atoms with Gasteiger partial charge in [-0.05, 0) is 54.4 Å². The molecule has 0 spiro atoms. The minimum atomic E-state index is -1.53. The lowest BCUT2D eigenvalue weighted by Gasteiger charge is -2.09. The summed E-state index contributed by atoms with van der Waals surface area (Å²) in [5.74, 6) is 0.975. The second-order valence-corrected chi connectivity index (χ2v) is 11.8. The average Bonchev–Trinajstić information content (AvgIpc) is 3.51. The Labute approximate surface area is 232 Å². The third-order valence-corrected chi connectivity index (χ3v) is 8.58. The van der Waals surface area contributed by atoms with E-state index in [0.29, 0.717) is 38.8 Å². The smallest absolute Gasteiger partial charge is 0.251 e. The van der Waals surface area contributed by atoms with Gasteiger partial charge in [0.2, 0.25) is 0 Å². The van der Waals surface area contributed by atoms with Crippen LogP contribution >= 0.6 is 22.9 Å². The number of hydrogen-bond donors (Lipinski definition) is 2. The van der Waals surface area contributed by atoms with E-state index in [-0.39, 0.29) is 5.91 Å². The number of aryl methyl sites for hydroxylation is 1. The zero-order valence-electron chi connectivity index (χ0n) is 20.7. The van der Waals surface area contributed by atoms with Crippen molar-refractivity contribution in [3.63, 3.8) is 0 Å². The summed E-state index contributed by atoms with van der Waals surface area (Å²) < 4.78 is 24.6. The largest absolute Gasteiger partial charge is 0.496 e. The number of anilines is 1. The van der Waals surface area contributed by atoms with Crippen LogP contribution in [0.4, 0.5) is 5.82 Å². The van der Waals surface area contributed by atoms with Crippen LogP contribution in [0, 0.1) is 6.92 Å². The second kappa shape index (κ2) is 11.4. The van der Waals surface area contributed by atoms with E-state index in [1.165, 1.54) is 11.3 Å². The molecule has 2 aromatic heterocycles. The van der Waals surface area contributed by atoms with Crippen molar-refractivity contribution in [3.05, 3.63) is 105 Å². The highest BCUT2D eigenvalue weighted by atomic mass is 35.5. The normalized spacial score (nSPS) is 11.9. The standard InChI is InChI=1S/C28H25ClN4O3S2/c1-18-9-11-21(12-10-18)28(34)30-16-19-5-3-6-20(15-19)17-33-22-7-4-8-23(36-2)26(22)27(31-33)32-38(35)25-14-13-24(29)37-25/h3-15H,16-17H2,1-2H3,(H,30,34)(H,31,32). The van der Waals surface area contributed by atoms with E-state index in [4.69, 9.17) is 21.4 Å². The number of ether oxygens (including phenoxy) is 1. The molecule has 0 saturated carbocycles. The maximum atomic E-state index is 13.0. The molecule has 0 fully saturated rings. The van der Waals surface area contributed by atoms with Crippen molar-refractivity contribution < 1.29 is 13.7 Å². The highest BCUT2D eigenvalue weighted by Crippen LogP contribution is 2.34. The number of carbonyl (C=O) groups excluding carboxylic acids is 1. The molecule has 0 aliphatic carbocycles. The summed E-state index contributed by atoms with van der Waals surface area (Å²) in [7, 11) is 0.0688. The monoisotopic (exact) mass is 564 g/mol. The number of benzene rings is 3. The first kappa shape index (κ1) is 26.0. The van der Waals surface area contributed by atoms with E-state index < -0.39 is 11.0 Å². The number of methoxy groups -OCH3 is 1. The molecule has 194 valence electrons. The van der Waals surface area contributed by atoms with Gasteiger partial charge in [0.1, 0.15) is 9.96 Å².